The molecule has 0 unspecified atom stereocenters. The fourth-order valence-electron chi connectivity index (χ4n) is 2.83. The summed E-state index contributed by atoms with van der Waals surface area (Å²) in [7, 11) is -0.508. The molecule has 0 saturated heterocycles. The van der Waals surface area contributed by atoms with E-state index in [4.69, 9.17) is 9.90 Å². The average molecular weight is 470 g/mol. The van der Waals surface area contributed by atoms with Crippen molar-refractivity contribution in [2.75, 3.05) is 0 Å². The normalized spacial score (nSPS) is 9.81. The summed E-state index contributed by atoms with van der Waals surface area (Å²) in [6, 6.07) is 26.4. The van der Waals surface area contributed by atoms with E-state index in [1.165, 1.54) is 32.6 Å². The van der Waals surface area contributed by atoms with Crippen LogP contribution in [0.5, 0.6) is 0 Å². The Hall–Kier alpha value is -1.78. The Morgan fingerprint density at radius 3 is 1.11 bits per heavy atom. The number of carboxylic acids is 1. The Morgan fingerprint density at radius 1 is 0.667 bits per heavy atom. The van der Waals surface area contributed by atoms with E-state index in [1.54, 1.807) is 0 Å². The minimum absolute atomic E-state index is 0. The van der Waals surface area contributed by atoms with Crippen molar-refractivity contribution in [3.8, 4) is 0 Å². The first-order chi connectivity index (χ1) is 12.4. The third-order valence-corrected chi connectivity index (χ3v) is 7.02. The van der Waals surface area contributed by atoms with Gasteiger partial charge in [0.1, 0.15) is 0 Å². The van der Waals surface area contributed by atoms with E-state index in [2.05, 4.69) is 93.6 Å². The van der Waals surface area contributed by atoms with Gasteiger partial charge in [0.05, 0.1) is 0 Å². The fourth-order valence-corrected chi connectivity index (χ4v) is 5.60. The quantitative estimate of drug-likeness (QED) is 0.437. The van der Waals surface area contributed by atoms with Gasteiger partial charge in [-0.2, -0.15) is 0 Å². The van der Waals surface area contributed by atoms with Gasteiger partial charge >= 0.3 is 20.4 Å². The summed E-state index contributed by atoms with van der Waals surface area (Å²) in [6.45, 7) is 7.64. The zero-order chi connectivity index (χ0) is 19.1. The monoisotopic (exact) mass is 469 g/mol. The van der Waals surface area contributed by atoms with E-state index in [0.29, 0.717) is 0 Å². The zero-order valence-corrected chi connectivity index (χ0v) is 18.5. The van der Waals surface area contributed by atoms with Crippen molar-refractivity contribution in [2.24, 2.45) is 0 Å². The third kappa shape index (κ3) is 6.40. The van der Waals surface area contributed by atoms with Gasteiger partial charge in [0.25, 0.3) is 0 Å². The molecule has 0 spiro atoms. The fraction of sp³-hybridized carbons (Fsp3) is 0.174. The maximum Gasteiger partial charge on any atom is 2.00 e. The second-order valence-corrected chi connectivity index (χ2v) is 8.30. The van der Waals surface area contributed by atoms with Crippen LogP contribution in [0.2, 0.25) is 0 Å². The first-order valence-corrected chi connectivity index (χ1v) is 9.90. The average Bonchev–Trinajstić information content (AvgIpc) is 2.59. The molecule has 0 aliphatic heterocycles. The van der Waals surface area contributed by atoms with E-state index < -0.39 is 13.9 Å². The van der Waals surface area contributed by atoms with Crippen molar-refractivity contribution in [1.29, 1.82) is 0 Å². The number of hydrogen-bond acceptors (Lipinski definition) is 2. The zero-order valence-electron chi connectivity index (χ0n) is 16.0. The van der Waals surface area contributed by atoms with Crippen molar-refractivity contribution < 1.29 is 30.3 Å². The Bertz CT molecular complexity index is 781. The molecule has 3 rings (SSSR count). The van der Waals surface area contributed by atoms with Crippen LogP contribution in [0.25, 0.3) is 0 Å². The standard InChI is InChI=1S/C21H21P.C2H4O2.Pd/c1-16-10-4-7-13-19(16)22(20-14-8-5-11-17(20)2)21-15-9-6-12-18(21)3;1-2(3)4;/h4-15H,1-3H3;1H3,(H,3,4);/q;;+2/p-1. The van der Waals surface area contributed by atoms with Gasteiger partial charge in [-0.1, -0.05) is 72.8 Å². The van der Waals surface area contributed by atoms with Gasteiger partial charge in [0.15, 0.2) is 0 Å². The van der Waals surface area contributed by atoms with Crippen molar-refractivity contribution >= 4 is 29.8 Å². The van der Waals surface area contributed by atoms with Crippen molar-refractivity contribution in [3.63, 3.8) is 0 Å². The first kappa shape index (κ1) is 23.3. The predicted octanol–water partition coefficient (Wildman–Crippen LogP) is 3.12. The SMILES string of the molecule is CC(=O)[O-].Cc1ccccc1P(c1ccccc1C)c1ccccc1C.[Pd+2]. The molecule has 2 nitrogen and oxygen atoms in total. The van der Waals surface area contributed by atoms with Crippen molar-refractivity contribution in [2.45, 2.75) is 27.7 Å². The van der Waals surface area contributed by atoms with Crippen LogP contribution in [0.1, 0.15) is 23.6 Å². The van der Waals surface area contributed by atoms with E-state index in [-0.39, 0.29) is 20.4 Å². The second-order valence-electron chi connectivity index (χ2n) is 6.19. The van der Waals surface area contributed by atoms with Gasteiger partial charge in [-0.15, -0.1) is 0 Å². The largest absolute Gasteiger partial charge is 2.00 e. The van der Waals surface area contributed by atoms with Gasteiger partial charge < -0.3 is 9.90 Å². The summed E-state index contributed by atoms with van der Waals surface area (Å²) < 4.78 is 0. The number of carboxylic acid groups (broad SMARTS) is 1. The topological polar surface area (TPSA) is 40.1 Å². The molecule has 0 saturated carbocycles. The molecule has 27 heavy (non-hydrogen) atoms. The van der Waals surface area contributed by atoms with Crippen molar-refractivity contribution in [3.05, 3.63) is 89.5 Å². The van der Waals surface area contributed by atoms with Crippen LogP contribution in [0, 0.1) is 20.8 Å². The van der Waals surface area contributed by atoms with Gasteiger partial charge in [-0.25, -0.2) is 0 Å². The number of carbonyl (C=O) groups is 1. The van der Waals surface area contributed by atoms with E-state index in [1.807, 2.05) is 0 Å². The summed E-state index contributed by atoms with van der Waals surface area (Å²) >= 11 is 0. The van der Waals surface area contributed by atoms with E-state index in [0.717, 1.165) is 6.92 Å². The summed E-state index contributed by atoms with van der Waals surface area (Å²) in [6.07, 6.45) is 0. The predicted molar refractivity (Wildman–Crippen MR) is 110 cm³/mol. The molecule has 0 fully saturated rings. The first-order valence-electron chi connectivity index (χ1n) is 8.56. The summed E-state index contributed by atoms with van der Waals surface area (Å²) in [5, 5.41) is 13.3. The molecular weight excluding hydrogens is 446 g/mol. The Morgan fingerprint density at radius 2 is 0.889 bits per heavy atom. The Kier molecular flexibility index (Phi) is 9.61. The maximum atomic E-state index is 8.89. The summed E-state index contributed by atoms with van der Waals surface area (Å²) in [5.74, 6) is -1.08. The number of aryl methyl sites for hydroxylation is 3. The van der Waals surface area contributed by atoms with E-state index >= 15 is 0 Å². The van der Waals surface area contributed by atoms with Gasteiger partial charge in [0.2, 0.25) is 0 Å². The smallest absolute Gasteiger partial charge is 0.550 e. The van der Waals surface area contributed by atoms with Crippen LogP contribution >= 0.6 is 7.92 Å². The molecule has 0 aliphatic rings. The molecule has 0 heterocycles. The third-order valence-electron chi connectivity index (χ3n) is 4.07. The molecule has 0 radical (unpaired) electrons. The van der Waals surface area contributed by atoms with Crippen molar-refractivity contribution in [1.82, 2.24) is 0 Å². The van der Waals surface area contributed by atoms with Crippen LogP contribution in [0.3, 0.4) is 0 Å². The van der Waals surface area contributed by atoms with E-state index in [9.17, 15) is 0 Å². The van der Waals surface area contributed by atoms with Crippen LogP contribution in [-0.2, 0) is 25.2 Å². The van der Waals surface area contributed by atoms with Crippen LogP contribution in [0.4, 0.5) is 0 Å². The molecule has 0 bridgehead atoms. The summed E-state index contributed by atoms with van der Waals surface area (Å²) in [5.41, 5.74) is 4.13. The number of benzene rings is 3. The molecule has 142 valence electrons. The molecule has 3 aromatic carbocycles. The number of rotatable bonds is 3. The van der Waals surface area contributed by atoms with Crippen LogP contribution < -0.4 is 21.0 Å². The Balaban J connectivity index is 0.000000666. The molecule has 0 aliphatic carbocycles. The van der Waals surface area contributed by atoms with Crippen LogP contribution in [-0.4, -0.2) is 5.97 Å². The molecule has 0 aromatic heterocycles. The maximum absolute atomic E-state index is 8.89. The number of hydrogen-bond donors (Lipinski definition) is 0. The molecular formula is C23H24O2PPd+. The van der Waals surface area contributed by atoms with Gasteiger partial charge in [-0.3, -0.25) is 0 Å². The van der Waals surface area contributed by atoms with Gasteiger partial charge in [-0.05, 0) is 68.2 Å². The van der Waals surface area contributed by atoms with Crippen LogP contribution in [0.15, 0.2) is 72.8 Å². The molecule has 0 N–H and O–H groups in total. The molecule has 3 aromatic rings. The molecule has 4 heteroatoms. The molecule has 0 amide bonds. The minimum atomic E-state index is -1.08. The summed E-state index contributed by atoms with van der Waals surface area (Å²) in [4.78, 5) is 8.89. The number of aliphatic carboxylic acids is 1. The molecule has 0 atom stereocenters. The minimum Gasteiger partial charge on any atom is -0.550 e. The second kappa shape index (κ2) is 11.2. The Labute approximate surface area is 177 Å². The number of carbonyl (C=O) groups excluding carboxylic acids is 1. The van der Waals surface area contributed by atoms with Gasteiger partial charge in [0, 0.05) is 5.97 Å².